The Bertz CT molecular complexity index is 718. The zero-order valence-corrected chi connectivity index (χ0v) is 12.2. The second-order valence-electron chi connectivity index (χ2n) is 5.27. The molecule has 1 unspecified atom stereocenters. The van der Waals surface area contributed by atoms with Gasteiger partial charge in [-0.1, -0.05) is 48.5 Å². The molecular weight excluding hydrogens is 260 g/mol. The molecule has 1 aromatic heterocycles. The summed E-state index contributed by atoms with van der Waals surface area (Å²) in [7, 11) is 0. The van der Waals surface area contributed by atoms with Crippen molar-refractivity contribution in [1.29, 1.82) is 0 Å². The van der Waals surface area contributed by atoms with Gasteiger partial charge >= 0.3 is 0 Å². The van der Waals surface area contributed by atoms with Crippen LogP contribution in [-0.2, 0) is 13.0 Å². The number of aryl methyl sites for hydroxylation is 1. The summed E-state index contributed by atoms with van der Waals surface area (Å²) in [5.74, 6) is 0.0924. The third kappa shape index (κ3) is 2.69. The Morgan fingerprint density at radius 2 is 1.76 bits per heavy atom. The molecular formula is C18H20N2O. The minimum Gasteiger partial charge on any atom is -0.396 e. The summed E-state index contributed by atoms with van der Waals surface area (Å²) in [6.07, 6.45) is 0.758. The Labute approximate surface area is 124 Å². The smallest absolute Gasteiger partial charge is 0.0710 e. The van der Waals surface area contributed by atoms with Crippen LogP contribution in [-0.4, -0.2) is 21.5 Å². The van der Waals surface area contributed by atoms with Crippen LogP contribution in [0.25, 0.3) is 10.9 Å². The van der Waals surface area contributed by atoms with Gasteiger partial charge in [0.25, 0.3) is 0 Å². The van der Waals surface area contributed by atoms with E-state index >= 15 is 0 Å². The molecule has 3 rings (SSSR count). The van der Waals surface area contributed by atoms with E-state index in [0.717, 1.165) is 24.2 Å². The van der Waals surface area contributed by atoms with Crippen molar-refractivity contribution in [1.82, 2.24) is 9.78 Å². The first-order valence-electron chi connectivity index (χ1n) is 7.43. The molecule has 0 saturated carbocycles. The molecule has 0 aliphatic carbocycles. The summed E-state index contributed by atoms with van der Waals surface area (Å²) in [5, 5.41) is 15.7. The lowest BCUT2D eigenvalue weighted by Crippen LogP contribution is -2.08. The lowest BCUT2D eigenvalue weighted by atomic mass is 9.94. The molecule has 0 aliphatic rings. The molecule has 0 fully saturated rings. The van der Waals surface area contributed by atoms with E-state index in [4.69, 9.17) is 5.10 Å². The van der Waals surface area contributed by atoms with Crippen LogP contribution in [0.3, 0.4) is 0 Å². The van der Waals surface area contributed by atoms with Crippen LogP contribution in [0.1, 0.15) is 24.1 Å². The topological polar surface area (TPSA) is 38.0 Å². The minimum absolute atomic E-state index is 0.0924. The molecule has 1 heterocycles. The maximum absolute atomic E-state index is 9.74. The highest BCUT2D eigenvalue weighted by Crippen LogP contribution is 2.25. The number of hydrogen-bond acceptors (Lipinski definition) is 2. The van der Waals surface area contributed by atoms with Gasteiger partial charge in [0, 0.05) is 24.3 Å². The van der Waals surface area contributed by atoms with Crippen molar-refractivity contribution in [3.8, 4) is 0 Å². The van der Waals surface area contributed by atoms with Crippen LogP contribution >= 0.6 is 0 Å². The first-order valence-corrected chi connectivity index (χ1v) is 7.43. The van der Waals surface area contributed by atoms with Gasteiger partial charge in [0.05, 0.1) is 17.8 Å². The number of nitrogens with zero attached hydrogens (tertiary/aromatic N) is 2. The molecule has 108 valence electrons. The molecule has 1 N–H and O–H groups in total. The van der Waals surface area contributed by atoms with Crippen molar-refractivity contribution >= 4 is 10.9 Å². The highest BCUT2D eigenvalue weighted by Gasteiger charge is 2.16. The molecule has 1 atom stereocenters. The fourth-order valence-corrected chi connectivity index (χ4v) is 2.83. The van der Waals surface area contributed by atoms with Gasteiger partial charge in [-0.15, -0.1) is 0 Å². The number of fused-ring (bicyclic) bond motifs is 1. The zero-order valence-electron chi connectivity index (χ0n) is 12.2. The maximum atomic E-state index is 9.74. The molecule has 3 aromatic rings. The van der Waals surface area contributed by atoms with E-state index in [1.807, 2.05) is 35.0 Å². The van der Waals surface area contributed by atoms with Crippen LogP contribution in [0.15, 0.2) is 54.6 Å². The fourth-order valence-electron chi connectivity index (χ4n) is 2.83. The van der Waals surface area contributed by atoms with Crippen molar-refractivity contribution in [2.75, 3.05) is 6.61 Å². The van der Waals surface area contributed by atoms with Gasteiger partial charge in [-0.2, -0.15) is 5.10 Å². The van der Waals surface area contributed by atoms with E-state index in [0.29, 0.717) is 0 Å². The van der Waals surface area contributed by atoms with Gasteiger partial charge in [0.1, 0.15) is 0 Å². The van der Waals surface area contributed by atoms with Crippen LogP contribution in [0.2, 0.25) is 0 Å². The number of rotatable bonds is 5. The monoisotopic (exact) mass is 280 g/mol. The van der Waals surface area contributed by atoms with E-state index in [9.17, 15) is 5.11 Å². The van der Waals surface area contributed by atoms with Crippen molar-refractivity contribution in [3.05, 3.63) is 65.9 Å². The third-order valence-electron chi connectivity index (χ3n) is 3.97. The molecule has 2 aromatic carbocycles. The molecule has 3 heteroatoms. The first-order chi connectivity index (χ1) is 10.3. The fraction of sp³-hybridized carbons (Fsp3) is 0.278. The average molecular weight is 280 g/mol. The lowest BCUT2D eigenvalue weighted by Gasteiger charge is -2.13. The summed E-state index contributed by atoms with van der Waals surface area (Å²) < 4.78 is 2.03. The summed E-state index contributed by atoms with van der Waals surface area (Å²) >= 11 is 0. The standard InChI is InChI=1S/C18H20N2O/c1-2-20-18-11-7-6-10-16(18)17(19-20)12-15(13-21)14-8-4-3-5-9-14/h3-11,15,21H,2,12-13H2,1H3. The quantitative estimate of drug-likeness (QED) is 0.778. The predicted molar refractivity (Wildman–Crippen MR) is 85.4 cm³/mol. The van der Waals surface area contributed by atoms with E-state index in [1.54, 1.807) is 0 Å². The normalized spacial score (nSPS) is 12.7. The van der Waals surface area contributed by atoms with Gasteiger partial charge < -0.3 is 5.11 Å². The molecule has 3 nitrogen and oxygen atoms in total. The number of aromatic nitrogens is 2. The number of aliphatic hydroxyl groups is 1. The predicted octanol–water partition coefficient (Wildman–Crippen LogP) is 3.37. The van der Waals surface area contributed by atoms with E-state index in [1.165, 1.54) is 10.9 Å². The third-order valence-corrected chi connectivity index (χ3v) is 3.97. The minimum atomic E-state index is 0.0924. The van der Waals surface area contributed by atoms with E-state index in [2.05, 4.69) is 31.2 Å². The largest absolute Gasteiger partial charge is 0.396 e. The Kier molecular flexibility index (Phi) is 4.02. The molecule has 0 amide bonds. The number of aliphatic hydroxyl groups excluding tert-OH is 1. The van der Waals surface area contributed by atoms with Gasteiger partial charge in [0.2, 0.25) is 0 Å². The molecule has 21 heavy (non-hydrogen) atoms. The Morgan fingerprint density at radius 3 is 2.48 bits per heavy atom. The number of benzene rings is 2. The maximum Gasteiger partial charge on any atom is 0.0710 e. The summed E-state index contributed by atoms with van der Waals surface area (Å²) in [6, 6.07) is 18.5. The lowest BCUT2D eigenvalue weighted by molar-refractivity contribution is 0.264. The molecule has 0 radical (unpaired) electrons. The average Bonchev–Trinajstić information content (AvgIpc) is 2.91. The van der Waals surface area contributed by atoms with Gasteiger partial charge in [0.15, 0.2) is 0 Å². The van der Waals surface area contributed by atoms with Gasteiger partial charge in [-0.05, 0) is 18.6 Å². The molecule has 0 saturated heterocycles. The highest BCUT2D eigenvalue weighted by molar-refractivity contribution is 5.82. The van der Waals surface area contributed by atoms with Crippen molar-refractivity contribution in [2.45, 2.75) is 25.8 Å². The molecule has 0 spiro atoms. The SMILES string of the molecule is CCn1nc(CC(CO)c2ccccc2)c2ccccc21. The van der Waals surface area contributed by atoms with Crippen LogP contribution < -0.4 is 0 Å². The second kappa shape index (κ2) is 6.10. The summed E-state index contributed by atoms with van der Waals surface area (Å²) in [4.78, 5) is 0. The molecule has 0 aliphatic heterocycles. The Hall–Kier alpha value is -2.13. The summed E-state index contributed by atoms with van der Waals surface area (Å²) in [5.41, 5.74) is 3.39. The van der Waals surface area contributed by atoms with Gasteiger partial charge in [-0.3, -0.25) is 4.68 Å². The van der Waals surface area contributed by atoms with Gasteiger partial charge in [-0.25, -0.2) is 0 Å². The van der Waals surface area contributed by atoms with Crippen molar-refractivity contribution < 1.29 is 5.11 Å². The van der Waals surface area contributed by atoms with E-state index in [-0.39, 0.29) is 12.5 Å². The Morgan fingerprint density at radius 1 is 1.05 bits per heavy atom. The van der Waals surface area contributed by atoms with Crippen LogP contribution in [0, 0.1) is 0 Å². The Balaban J connectivity index is 1.97. The van der Waals surface area contributed by atoms with Crippen molar-refractivity contribution in [3.63, 3.8) is 0 Å². The molecule has 0 bridgehead atoms. The first kappa shape index (κ1) is 13.8. The second-order valence-corrected chi connectivity index (χ2v) is 5.27. The van der Waals surface area contributed by atoms with Crippen LogP contribution in [0.4, 0.5) is 0 Å². The zero-order chi connectivity index (χ0) is 14.7. The van der Waals surface area contributed by atoms with E-state index < -0.39 is 0 Å². The number of hydrogen-bond donors (Lipinski definition) is 1. The summed E-state index contributed by atoms with van der Waals surface area (Å²) in [6.45, 7) is 3.09. The number of para-hydroxylation sites is 1. The van der Waals surface area contributed by atoms with Crippen LogP contribution in [0.5, 0.6) is 0 Å². The van der Waals surface area contributed by atoms with Crippen molar-refractivity contribution in [2.24, 2.45) is 0 Å². The highest BCUT2D eigenvalue weighted by atomic mass is 16.3.